The second-order valence-corrected chi connectivity index (χ2v) is 10.9. The van der Waals surface area contributed by atoms with Gasteiger partial charge in [0.15, 0.2) is 0 Å². The first-order chi connectivity index (χ1) is 16.9. The predicted octanol–water partition coefficient (Wildman–Crippen LogP) is 3.97. The van der Waals surface area contributed by atoms with Crippen LogP contribution in [0.1, 0.15) is 41.2 Å². The lowest BCUT2D eigenvalue weighted by Gasteiger charge is -2.20. The minimum atomic E-state index is -3.71. The van der Waals surface area contributed by atoms with Crippen LogP contribution in [0.2, 0.25) is 0 Å². The predicted molar refractivity (Wildman–Crippen MR) is 139 cm³/mol. The smallest absolute Gasteiger partial charge is 0.264 e. The van der Waals surface area contributed by atoms with Gasteiger partial charge in [0, 0.05) is 38.3 Å². The number of nitrogens with one attached hydrogen (secondary N) is 2. The molecule has 8 heteroatoms. The van der Waals surface area contributed by atoms with E-state index >= 15 is 0 Å². The minimum Gasteiger partial charge on any atom is -0.342 e. The Hall–Kier alpha value is -3.20. The van der Waals surface area contributed by atoms with Gasteiger partial charge in [0.1, 0.15) is 0 Å². The Morgan fingerprint density at radius 3 is 2.17 bits per heavy atom. The van der Waals surface area contributed by atoms with E-state index in [0.29, 0.717) is 29.9 Å². The maximum absolute atomic E-state index is 12.9. The summed E-state index contributed by atoms with van der Waals surface area (Å²) in [6, 6.07) is 26.1. The van der Waals surface area contributed by atoms with Crippen molar-refractivity contribution in [2.75, 3.05) is 24.9 Å². The van der Waals surface area contributed by atoms with E-state index in [2.05, 4.69) is 35.1 Å². The Balaban J connectivity index is 1.28. The normalized spacial score (nSPS) is 17.8. The molecule has 1 aliphatic heterocycles. The van der Waals surface area contributed by atoms with E-state index in [1.165, 1.54) is 29.0 Å². The number of hydrazine groups is 1. The molecule has 2 atom stereocenters. The molecule has 0 aliphatic carbocycles. The molecule has 0 spiro atoms. The molecule has 35 heavy (non-hydrogen) atoms. The van der Waals surface area contributed by atoms with E-state index < -0.39 is 10.0 Å². The van der Waals surface area contributed by atoms with Crippen LogP contribution in [0.5, 0.6) is 0 Å². The Morgan fingerprint density at radius 1 is 0.886 bits per heavy atom. The molecule has 2 N–H and O–H groups in total. The molecule has 3 aromatic carbocycles. The first-order valence-electron chi connectivity index (χ1n) is 11.8. The van der Waals surface area contributed by atoms with Crippen molar-refractivity contribution in [2.24, 2.45) is 0 Å². The van der Waals surface area contributed by atoms with Gasteiger partial charge < -0.3 is 4.90 Å². The lowest BCUT2D eigenvalue weighted by molar-refractivity contribution is 0.0791. The molecule has 1 aliphatic rings. The number of anilines is 1. The molecule has 2 unspecified atom stereocenters. The SMILES string of the molecule is CN(CCCC1CC(c2ccccc2)NN1)C(=O)c1ccc(S(=O)(=O)N(C)c2ccccc2)cc1. The third-order valence-electron chi connectivity index (χ3n) is 6.46. The van der Waals surface area contributed by atoms with E-state index in [9.17, 15) is 13.2 Å². The van der Waals surface area contributed by atoms with Crippen LogP contribution < -0.4 is 15.2 Å². The van der Waals surface area contributed by atoms with E-state index in [4.69, 9.17) is 0 Å². The van der Waals surface area contributed by atoms with Crippen molar-refractivity contribution in [3.8, 4) is 0 Å². The molecule has 1 amide bonds. The van der Waals surface area contributed by atoms with Crippen molar-refractivity contribution in [3.63, 3.8) is 0 Å². The Labute approximate surface area is 207 Å². The molecular formula is C27H32N4O3S. The maximum Gasteiger partial charge on any atom is 0.264 e. The zero-order valence-corrected chi connectivity index (χ0v) is 20.9. The monoisotopic (exact) mass is 492 g/mol. The summed E-state index contributed by atoms with van der Waals surface area (Å²) in [6.45, 7) is 0.629. The first kappa shape index (κ1) is 24.9. The van der Waals surface area contributed by atoms with Gasteiger partial charge in [-0.05, 0) is 61.2 Å². The second kappa shape index (κ2) is 11.0. The zero-order valence-electron chi connectivity index (χ0n) is 20.1. The zero-order chi connectivity index (χ0) is 24.8. The number of nitrogens with zero attached hydrogens (tertiary/aromatic N) is 2. The Bertz CT molecular complexity index is 1220. The summed E-state index contributed by atoms with van der Waals surface area (Å²) in [6.07, 6.45) is 2.84. The summed E-state index contributed by atoms with van der Waals surface area (Å²) in [7, 11) is -0.404. The van der Waals surface area contributed by atoms with Crippen LogP contribution >= 0.6 is 0 Å². The van der Waals surface area contributed by atoms with Gasteiger partial charge in [0.25, 0.3) is 15.9 Å². The van der Waals surface area contributed by atoms with Crippen LogP contribution in [0.25, 0.3) is 0 Å². The molecule has 0 saturated carbocycles. The number of carbonyl (C=O) groups is 1. The van der Waals surface area contributed by atoms with E-state index in [1.54, 1.807) is 48.3 Å². The number of rotatable bonds is 9. The van der Waals surface area contributed by atoms with Gasteiger partial charge in [-0.2, -0.15) is 0 Å². The average molecular weight is 493 g/mol. The van der Waals surface area contributed by atoms with Crippen LogP contribution in [0, 0.1) is 0 Å². The van der Waals surface area contributed by atoms with Gasteiger partial charge in [-0.3, -0.25) is 20.0 Å². The quantitative estimate of drug-likeness (QED) is 0.472. The van der Waals surface area contributed by atoms with E-state index in [0.717, 1.165) is 19.3 Å². The number of carbonyl (C=O) groups excluding carboxylic acids is 1. The van der Waals surface area contributed by atoms with E-state index in [1.807, 2.05) is 12.1 Å². The van der Waals surface area contributed by atoms with Gasteiger partial charge >= 0.3 is 0 Å². The fourth-order valence-corrected chi connectivity index (χ4v) is 5.51. The largest absolute Gasteiger partial charge is 0.342 e. The van der Waals surface area contributed by atoms with E-state index in [-0.39, 0.29) is 10.8 Å². The summed E-state index contributed by atoms with van der Waals surface area (Å²) in [5.74, 6) is -0.120. The lowest BCUT2D eigenvalue weighted by atomic mass is 10.00. The number of hydrogen-bond acceptors (Lipinski definition) is 5. The highest BCUT2D eigenvalue weighted by Gasteiger charge is 2.25. The molecule has 0 radical (unpaired) electrons. The van der Waals surface area contributed by atoms with Crippen molar-refractivity contribution < 1.29 is 13.2 Å². The minimum absolute atomic E-state index is 0.120. The summed E-state index contributed by atoms with van der Waals surface area (Å²) in [4.78, 5) is 14.7. The highest BCUT2D eigenvalue weighted by molar-refractivity contribution is 7.92. The van der Waals surface area contributed by atoms with Gasteiger partial charge in [-0.15, -0.1) is 0 Å². The Morgan fingerprint density at radius 2 is 1.51 bits per heavy atom. The van der Waals surface area contributed by atoms with Gasteiger partial charge in [0.05, 0.1) is 10.6 Å². The van der Waals surface area contributed by atoms with Crippen molar-refractivity contribution in [2.45, 2.75) is 36.2 Å². The van der Waals surface area contributed by atoms with Crippen LogP contribution in [0.15, 0.2) is 89.8 Å². The van der Waals surface area contributed by atoms with Gasteiger partial charge in [-0.25, -0.2) is 8.42 Å². The number of sulfonamides is 1. The highest BCUT2D eigenvalue weighted by Crippen LogP contribution is 2.24. The fourth-order valence-electron chi connectivity index (χ4n) is 4.32. The van der Waals surface area contributed by atoms with Crippen LogP contribution in [-0.2, 0) is 10.0 Å². The number of benzene rings is 3. The molecule has 4 rings (SSSR count). The van der Waals surface area contributed by atoms with Crippen LogP contribution in [0.3, 0.4) is 0 Å². The molecule has 0 bridgehead atoms. The van der Waals surface area contributed by atoms with Crippen LogP contribution in [-0.4, -0.2) is 45.9 Å². The summed E-state index contributed by atoms with van der Waals surface area (Å²) >= 11 is 0. The maximum atomic E-state index is 12.9. The van der Waals surface area contributed by atoms with Crippen molar-refractivity contribution in [1.29, 1.82) is 0 Å². The standard InChI is InChI=1S/C27H32N4O3S/c1-30(19-9-12-23-20-26(29-28-23)21-10-5-3-6-11-21)27(32)22-15-17-25(18-16-22)35(33,34)31(2)24-13-7-4-8-14-24/h3-8,10-11,13-18,23,26,28-29H,9,12,19-20H2,1-2H3. The molecule has 0 aromatic heterocycles. The summed E-state index contributed by atoms with van der Waals surface area (Å²) < 4.78 is 27.1. The molecule has 1 heterocycles. The molecular weight excluding hydrogens is 460 g/mol. The third-order valence-corrected chi connectivity index (χ3v) is 8.26. The molecule has 3 aromatic rings. The number of amides is 1. The molecule has 7 nitrogen and oxygen atoms in total. The lowest BCUT2D eigenvalue weighted by Crippen LogP contribution is -2.32. The first-order valence-corrected chi connectivity index (χ1v) is 13.3. The van der Waals surface area contributed by atoms with Gasteiger partial charge in [-0.1, -0.05) is 48.5 Å². The summed E-state index contributed by atoms with van der Waals surface area (Å²) in [5.41, 5.74) is 9.05. The van der Waals surface area contributed by atoms with Crippen molar-refractivity contribution in [3.05, 3.63) is 96.1 Å². The number of hydrogen-bond donors (Lipinski definition) is 2. The molecule has 184 valence electrons. The van der Waals surface area contributed by atoms with Crippen molar-refractivity contribution in [1.82, 2.24) is 15.8 Å². The second-order valence-electron chi connectivity index (χ2n) is 8.89. The molecule has 1 fully saturated rings. The fraction of sp³-hybridized carbons (Fsp3) is 0.296. The van der Waals surface area contributed by atoms with Crippen LogP contribution in [0.4, 0.5) is 5.69 Å². The Kier molecular flexibility index (Phi) is 7.85. The average Bonchev–Trinajstić information content (AvgIpc) is 3.38. The topological polar surface area (TPSA) is 81.7 Å². The highest BCUT2D eigenvalue weighted by atomic mass is 32.2. The number of para-hydroxylation sites is 1. The van der Waals surface area contributed by atoms with Crippen molar-refractivity contribution >= 4 is 21.6 Å². The molecule has 1 saturated heterocycles. The van der Waals surface area contributed by atoms with Gasteiger partial charge in [0.2, 0.25) is 0 Å². The third kappa shape index (κ3) is 5.90. The summed E-state index contributed by atoms with van der Waals surface area (Å²) in [5, 5.41) is 0.